The van der Waals surface area contributed by atoms with E-state index in [1.54, 1.807) is 6.20 Å². The molecule has 0 saturated carbocycles. The number of alkyl halides is 3. The zero-order valence-electron chi connectivity index (χ0n) is 19.1. The summed E-state index contributed by atoms with van der Waals surface area (Å²) in [5, 5.41) is 2.59. The van der Waals surface area contributed by atoms with Gasteiger partial charge in [0.05, 0.1) is 11.4 Å². The molecular formula is C24H22F3N5O3S. The van der Waals surface area contributed by atoms with Gasteiger partial charge < -0.3 is 9.72 Å². The highest BCUT2D eigenvalue weighted by atomic mass is 32.2. The summed E-state index contributed by atoms with van der Waals surface area (Å²) < 4.78 is 67.1. The number of carbonyl (C=O) groups is 1. The van der Waals surface area contributed by atoms with Gasteiger partial charge in [-0.25, -0.2) is 13.4 Å². The summed E-state index contributed by atoms with van der Waals surface area (Å²) in [5.74, 6) is -0.634. The number of carbonyl (C=O) groups excluding carboxylic acids is 1. The van der Waals surface area contributed by atoms with Crippen LogP contribution in [0.25, 0.3) is 5.65 Å². The van der Waals surface area contributed by atoms with Crippen molar-refractivity contribution >= 4 is 27.3 Å². The second-order valence-electron chi connectivity index (χ2n) is 8.18. The summed E-state index contributed by atoms with van der Waals surface area (Å²) in [5.41, 5.74) is 2.41. The molecule has 3 heterocycles. The molecule has 36 heavy (non-hydrogen) atoms. The Bertz CT molecular complexity index is 1480. The number of amides is 1. The van der Waals surface area contributed by atoms with Crippen molar-refractivity contribution in [3.63, 3.8) is 0 Å². The fourth-order valence-corrected chi connectivity index (χ4v) is 4.49. The number of aromatic nitrogens is 3. The number of sulfonamides is 1. The number of aryl methyl sites for hydroxylation is 2. The van der Waals surface area contributed by atoms with Gasteiger partial charge in [0.25, 0.3) is 5.91 Å². The minimum atomic E-state index is -4.53. The van der Waals surface area contributed by atoms with Crippen molar-refractivity contribution in [1.82, 2.24) is 19.7 Å². The first-order valence-electron chi connectivity index (χ1n) is 10.8. The number of hydrogen-bond acceptors (Lipinski definition) is 5. The minimum Gasteiger partial charge on any atom is -0.348 e. The van der Waals surface area contributed by atoms with Gasteiger partial charge in [-0.3, -0.25) is 14.5 Å². The van der Waals surface area contributed by atoms with E-state index in [1.165, 1.54) is 30.3 Å². The summed E-state index contributed by atoms with van der Waals surface area (Å²) >= 11 is 0. The van der Waals surface area contributed by atoms with Crippen LogP contribution in [0.4, 0.5) is 18.9 Å². The van der Waals surface area contributed by atoms with E-state index in [0.717, 1.165) is 23.5 Å². The number of pyridine rings is 2. The van der Waals surface area contributed by atoms with Crippen LogP contribution in [0.3, 0.4) is 0 Å². The van der Waals surface area contributed by atoms with E-state index in [9.17, 15) is 26.4 Å². The van der Waals surface area contributed by atoms with Gasteiger partial charge in [0, 0.05) is 42.8 Å². The standard InChI is InChI=1S/C24H22F3N5O3S/c1-16-2-9-22-30-20(15-32(22)14-16)10-11-36(34,35)31-19-6-4-18(5-7-19)23(33)29-13-17-3-8-21(28-12-17)24(25,26)27/h2-9,12,14-15,31H,10-11,13H2,1H3,(H,29,33). The zero-order chi connectivity index (χ0) is 25.9. The Labute approximate surface area is 205 Å². The Morgan fingerprint density at radius 1 is 1.03 bits per heavy atom. The highest BCUT2D eigenvalue weighted by Crippen LogP contribution is 2.27. The molecule has 12 heteroatoms. The molecule has 8 nitrogen and oxygen atoms in total. The summed E-state index contributed by atoms with van der Waals surface area (Å²) in [7, 11) is -3.66. The van der Waals surface area contributed by atoms with Crippen molar-refractivity contribution in [1.29, 1.82) is 0 Å². The van der Waals surface area contributed by atoms with Crippen LogP contribution in [0.5, 0.6) is 0 Å². The number of benzene rings is 1. The Balaban J connectivity index is 1.30. The van der Waals surface area contributed by atoms with Crippen molar-refractivity contribution in [2.75, 3.05) is 10.5 Å². The van der Waals surface area contributed by atoms with E-state index in [1.807, 2.05) is 29.7 Å². The molecule has 0 radical (unpaired) electrons. The van der Waals surface area contributed by atoms with E-state index < -0.39 is 27.8 Å². The normalized spacial score (nSPS) is 12.0. The first-order valence-corrected chi connectivity index (χ1v) is 12.5. The topological polar surface area (TPSA) is 105 Å². The number of imidazole rings is 1. The molecule has 3 aromatic heterocycles. The SMILES string of the molecule is Cc1ccc2nc(CCS(=O)(=O)Nc3ccc(C(=O)NCc4ccc(C(F)(F)F)nc4)cc3)cn2c1. The van der Waals surface area contributed by atoms with Crippen LogP contribution in [0.15, 0.2) is 67.1 Å². The lowest BCUT2D eigenvalue weighted by atomic mass is 10.2. The highest BCUT2D eigenvalue weighted by Gasteiger charge is 2.32. The highest BCUT2D eigenvalue weighted by molar-refractivity contribution is 7.92. The zero-order valence-corrected chi connectivity index (χ0v) is 19.9. The molecule has 2 N–H and O–H groups in total. The monoisotopic (exact) mass is 517 g/mol. The lowest BCUT2D eigenvalue weighted by molar-refractivity contribution is -0.141. The molecule has 0 fully saturated rings. The number of hydrogen-bond donors (Lipinski definition) is 2. The molecule has 0 saturated heterocycles. The van der Waals surface area contributed by atoms with Crippen molar-refractivity contribution in [3.05, 3.63) is 95.2 Å². The first kappa shape index (κ1) is 25.2. The molecule has 0 aliphatic rings. The molecule has 4 aromatic rings. The quantitative estimate of drug-likeness (QED) is 0.368. The Morgan fingerprint density at radius 3 is 2.44 bits per heavy atom. The largest absolute Gasteiger partial charge is 0.433 e. The van der Waals surface area contributed by atoms with Crippen LogP contribution >= 0.6 is 0 Å². The van der Waals surface area contributed by atoms with E-state index in [2.05, 4.69) is 20.0 Å². The Morgan fingerprint density at radius 2 is 1.78 bits per heavy atom. The van der Waals surface area contributed by atoms with E-state index in [0.29, 0.717) is 16.9 Å². The fraction of sp³-hybridized carbons (Fsp3) is 0.208. The number of nitrogens with one attached hydrogen (secondary N) is 2. The van der Waals surface area contributed by atoms with Gasteiger partial charge in [-0.15, -0.1) is 0 Å². The third-order valence-corrected chi connectivity index (χ3v) is 6.55. The average Bonchev–Trinajstić information content (AvgIpc) is 3.23. The van der Waals surface area contributed by atoms with E-state index >= 15 is 0 Å². The molecule has 0 aliphatic carbocycles. The first-order chi connectivity index (χ1) is 17.0. The number of fused-ring (bicyclic) bond motifs is 1. The van der Waals surface area contributed by atoms with Crippen molar-refractivity contribution in [3.8, 4) is 0 Å². The van der Waals surface area contributed by atoms with Gasteiger partial charge >= 0.3 is 6.18 Å². The fourth-order valence-electron chi connectivity index (χ4n) is 3.42. The number of anilines is 1. The van der Waals surface area contributed by atoms with Gasteiger partial charge in [0.15, 0.2) is 0 Å². The maximum Gasteiger partial charge on any atom is 0.433 e. The molecule has 0 unspecified atom stereocenters. The number of nitrogens with zero attached hydrogens (tertiary/aromatic N) is 3. The predicted molar refractivity (Wildman–Crippen MR) is 128 cm³/mol. The second-order valence-corrected chi connectivity index (χ2v) is 10.0. The van der Waals surface area contributed by atoms with Crippen LogP contribution in [0.2, 0.25) is 0 Å². The Hall–Kier alpha value is -3.93. The van der Waals surface area contributed by atoms with E-state index in [4.69, 9.17) is 0 Å². The number of halogens is 3. The molecule has 1 amide bonds. The third kappa shape index (κ3) is 6.39. The molecule has 0 spiro atoms. The van der Waals surface area contributed by atoms with Gasteiger partial charge in [-0.05, 0) is 54.4 Å². The maximum atomic E-state index is 12.6. The molecule has 0 aliphatic heterocycles. The van der Waals surface area contributed by atoms with Crippen molar-refractivity contribution in [2.24, 2.45) is 0 Å². The minimum absolute atomic E-state index is 0.0129. The lowest BCUT2D eigenvalue weighted by Crippen LogP contribution is -2.23. The molecule has 4 rings (SSSR count). The van der Waals surface area contributed by atoms with Gasteiger partial charge in [0.2, 0.25) is 10.0 Å². The van der Waals surface area contributed by atoms with Gasteiger partial charge in [-0.2, -0.15) is 13.2 Å². The van der Waals surface area contributed by atoms with Crippen LogP contribution in [0.1, 0.15) is 32.9 Å². The van der Waals surface area contributed by atoms with Crippen LogP contribution in [0, 0.1) is 6.92 Å². The van der Waals surface area contributed by atoms with Crippen LogP contribution in [-0.4, -0.2) is 34.4 Å². The van der Waals surface area contributed by atoms with E-state index in [-0.39, 0.29) is 24.3 Å². The van der Waals surface area contributed by atoms with Gasteiger partial charge in [0.1, 0.15) is 11.3 Å². The van der Waals surface area contributed by atoms with Crippen LogP contribution < -0.4 is 10.0 Å². The molecule has 0 atom stereocenters. The summed E-state index contributed by atoms with van der Waals surface area (Å²) in [6.45, 7) is 1.94. The lowest BCUT2D eigenvalue weighted by Gasteiger charge is -2.09. The molecular weight excluding hydrogens is 495 g/mol. The third-order valence-electron chi connectivity index (χ3n) is 5.26. The second kappa shape index (κ2) is 9.97. The number of rotatable bonds is 8. The van der Waals surface area contributed by atoms with Gasteiger partial charge in [-0.1, -0.05) is 12.1 Å². The molecule has 188 valence electrons. The maximum absolute atomic E-state index is 12.6. The van der Waals surface area contributed by atoms with Crippen molar-refractivity contribution < 1.29 is 26.4 Å². The molecule has 1 aromatic carbocycles. The average molecular weight is 518 g/mol. The smallest absolute Gasteiger partial charge is 0.348 e. The summed E-state index contributed by atoms with van der Waals surface area (Å²) in [6, 6.07) is 11.7. The summed E-state index contributed by atoms with van der Waals surface area (Å²) in [6.07, 6.45) is 0.463. The van der Waals surface area contributed by atoms with Crippen LogP contribution in [-0.2, 0) is 29.2 Å². The molecule has 0 bridgehead atoms. The Kier molecular flexibility index (Phi) is 6.97. The summed E-state index contributed by atoms with van der Waals surface area (Å²) in [4.78, 5) is 20.1. The van der Waals surface area contributed by atoms with Crippen molar-refractivity contribution in [2.45, 2.75) is 26.1 Å². The predicted octanol–water partition coefficient (Wildman–Crippen LogP) is 3.97.